The topological polar surface area (TPSA) is 42.2 Å². The third-order valence-corrected chi connectivity index (χ3v) is 3.48. The molecule has 100 valence electrons. The first-order valence-electron chi connectivity index (χ1n) is 6.64. The smallest absolute Gasteiger partial charge is 0.0724 e. The zero-order chi connectivity index (χ0) is 13.9. The summed E-state index contributed by atoms with van der Waals surface area (Å²) in [4.78, 5) is 6.49. The van der Waals surface area contributed by atoms with Crippen molar-refractivity contribution in [1.82, 2.24) is 4.98 Å². The number of hydrogen-bond acceptors (Lipinski definition) is 3. The average Bonchev–Trinajstić information content (AvgIpc) is 2.49. The van der Waals surface area contributed by atoms with Gasteiger partial charge in [-0.3, -0.25) is 4.98 Å². The van der Waals surface area contributed by atoms with Gasteiger partial charge in [0, 0.05) is 25.2 Å². The van der Waals surface area contributed by atoms with Crippen molar-refractivity contribution in [1.29, 1.82) is 0 Å². The van der Waals surface area contributed by atoms with Gasteiger partial charge in [-0.05, 0) is 29.8 Å². The van der Waals surface area contributed by atoms with Crippen molar-refractivity contribution in [3.8, 4) is 0 Å². The molecule has 0 aliphatic carbocycles. The second-order valence-corrected chi connectivity index (χ2v) is 4.91. The average molecular weight is 263 g/mol. The van der Waals surface area contributed by atoms with Crippen LogP contribution in [0.3, 0.4) is 0 Å². The van der Waals surface area contributed by atoms with E-state index in [0.29, 0.717) is 0 Å². The second-order valence-electron chi connectivity index (χ2n) is 4.91. The van der Waals surface area contributed by atoms with Gasteiger partial charge in [-0.15, -0.1) is 0 Å². The predicted molar refractivity (Wildman–Crippen MR) is 84.7 cm³/mol. The third-order valence-electron chi connectivity index (χ3n) is 3.48. The number of hydrogen-bond donors (Lipinski definition) is 1. The van der Waals surface area contributed by atoms with E-state index < -0.39 is 0 Å². The molecule has 3 heteroatoms. The summed E-state index contributed by atoms with van der Waals surface area (Å²) in [6.45, 7) is 0.830. The van der Waals surface area contributed by atoms with E-state index in [-0.39, 0.29) is 0 Å². The van der Waals surface area contributed by atoms with Crippen LogP contribution < -0.4 is 10.6 Å². The van der Waals surface area contributed by atoms with Gasteiger partial charge in [-0.1, -0.05) is 30.3 Å². The van der Waals surface area contributed by atoms with E-state index in [1.807, 2.05) is 30.3 Å². The lowest BCUT2D eigenvalue weighted by atomic mass is 10.1. The van der Waals surface area contributed by atoms with Crippen molar-refractivity contribution in [2.45, 2.75) is 6.54 Å². The Morgan fingerprint density at radius 3 is 2.60 bits per heavy atom. The van der Waals surface area contributed by atoms with E-state index in [2.05, 4.69) is 41.2 Å². The Bertz CT molecular complexity index is 723. The molecule has 0 aliphatic rings. The molecule has 1 heterocycles. The fraction of sp³-hybridized carbons (Fsp3) is 0.118. The molecule has 2 N–H and O–H groups in total. The van der Waals surface area contributed by atoms with Crippen molar-refractivity contribution < 1.29 is 0 Å². The summed E-state index contributed by atoms with van der Waals surface area (Å²) >= 11 is 0. The van der Waals surface area contributed by atoms with Crippen LogP contribution in [0.4, 0.5) is 11.4 Å². The number of rotatable bonds is 3. The molecule has 0 unspecified atom stereocenters. The first-order valence-corrected chi connectivity index (χ1v) is 6.64. The van der Waals surface area contributed by atoms with Crippen molar-refractivity contribution in [3.05, 3.63) is 66.4 Å². The molecule has 0 atom stereocenters. The highest BCUT2D eigenvalue weighted by molar-refractivity contribution is 5.97. The Morgan fingerprint density at radius 1 is 1.00 bits per heavy atom. The number of fused-ring (bicyclic) bond motifs is 1. The van der Waals surface area contributed by atoms with Crippen molar-refractivity contribution >= 4 is 22.3 Å². The molecule has 0 saturated heterocycles. The number of nitrogens with zero attached hydrogens (tertiary/aromatic N) is 2. The first-order chi connectivity index (χ1) is 9.75. The zero-order valence-corrected chi connectivity index (χ0v) is 11.5. The van der Waals surface area contributed by atoms with Gasteiger partial charge in [0.15, 0.2) is 0 Å². The van der Waals surface area contributed by atoms with Crippen LogP contribution in [-0.4, -0.2) is 12.0 Å². The minimum Gasteiger partial charge on any atom is -0.396 e. The second kappa shape index (κ2) is 5.21. The van der Waals surface area contributed by atoms with E-state index in [9.17, 15) is 0 Å². The molecule has 1 aromatic heterocycles. The van der Waals surface area contributed by atoms with Crippen LogP contribution >= 0.6 is 0 Å². The Morgan fingerprint density at radius 2 is 1.80 bits per heavy atom. The lowest BCUT2D eigenvalue weighted by Crippen LogP contribution is -2.17. The molecule has 3 rings (SSSR count). The number of anilines is 2. The van der Waals surface area contributed by atoms with Gasteiger partial charge in [0.05, 0.1) is 16.9 Å². The van der Waals surface area contributed by atoms with Gasteiger partial charge < -0.3 is 10.6 Å². The lowest BCUT2D eigenvalue weighted by Gasteiger charge is -2.22. The minimum absolute atomic E-state index is 0.786. The van der Waals surface area contributed by atoms with Gasteiger partial charge >= 0.3 is 0 Å². The van der Waals surface area contributed by atoms with Gasteiger partial charge in [-0.2, -0.15) is 0 Å². The predicted octanol–water partition coefficient (Wildman–Crippen LogP) is 3.45. The maximum absolute atomic E-state index is 6.29. The quantitative estimate of drug-likeness (QED) is 0.736. The highest BCUT2D eigenvalue weighted by Crippen LogP contribution is 2.30. The zero-order valence-electron chi connectivity index (χ0n) is 11.5. The SMILES string of the molecule is CN(Cc1ccccc1)c1ccc2ncccc2c1N. The van der Waals surface area contributed by atoms with Gasteiger partial charge in [0.1, 0.15) is 0 Å². The van der Waals surface area contributed by atoms with E-state index in [0.717, 1.165) is 28.8 Å². The summed E-state index contributed by atoms with van der Waals surface area (Å²) in [7, 11) is 2.06. The number of aromatic nitrogens is 1. The molecule has 20 heavy (non-hydrogen) atoms. The number of nitrogen functional groups attached to an aromatic ring is 1. The summed E-state index contributed by atoms with van der Waals surface area (Å²) in [5, 5.41) is 1.00. The van der Waals surface area contributed by atoms with Crippen LogP contribution in [0.5, 0.6) is 0 Å². The van der Waals surface area contributed by atoms with Crippen LogP contribution in [0.25, 0.3) is 10.9 Å². The molecule has 0 radical (unpaired) electrons. The first kappa shape index (κ1) is 12.5. The molecule has 0 bridgehead atoms. The third kappa shape index (κ3) is 2.30. The summed E-state index contributed by atoms with van der Waals surface area (Å²) in [5.74, 6) is 0. The molecule has 0 aliphatic heterocycles. The summed E-state index contributed by atoms with van der Waals surface area (Å²) in [6.07, 6.45) is 1.79. The standard InChI is InChI=1S/C17H17N3/c1-20(12-13-6-3-2-4-7-13)16-10-9-15-14(17(16)18)8-5-11-19-15/h2-11H,12,18H2,1H3. The fourth-order valence-corrected chi connectivity index (χ4v) is 2.44. The van der Waals surface area contributed by atoms with Crippen molar-refractivity contribution in [2.24, 2.45) is 0 Å². The van der Waals surface area contributed by atoms with Crippen LogP contribution in [-0.2, 0) is 6.54 Å². The largest absolute Gasteiger partial charge is 0.396 e. The Balaban J connectivity index is 1.95. The number of nitrogens with two attached hydrogens (primary N) is 1. The number of pyridine rings is 1. The molecule has 0 spiro atoms. The van der Waals surface area contributed by atoms with Crippen molar-refractivity contribution in [3.63, 3.8) is 0 Å². The van der Waals surface area contributed by atoms with Gasteiger partial charge in [0.2, 0.25) is 0 Å². The Labute approximate surface area is 118 Å². The Hall–Kier alpha value is -2.55. The van der Waals surface area contributed by atoms with Crippen LogP contribution in [0.2, 0.25) is 0 Å². The molecular formula is C17H17N3. The van der Waals surface area contributed by atoms with Gasteiger partial charge in [0.25, 0.3) is 0 Å². The van der Waals surface area contributed by atoms with Crippen LogP contribution in [0, 0.1) is 0 Å². The molecule has 2 aromatic carbocycles. The normalized spacial score (nSPS) is 10.7. The molecular weight excluding hydrogens is 246 g/mol. The van der Waals surface area contributed by atoms with Crippen LogP contribution in [0.1, 0.15) is 5.56 Å². The maximum atomic E-state index is 6.29. The molecule has 3 aromatic rings. The van der Waals surface area contributed by atoms with E-state index in [4.69, 9.17) is 5.73 Å². The van der Waals surface area contributed by atoms with Crippen LogP contribution in [0.15, 0.2) is 60.8 Å². The number of benzene rings is 2. The Kier molecular flexibility index (Phi) is 3.25. The molecule has 0 amide bonds. The summed E-state index contributed by atoms with van der Waals surface area (Å²) in [5.41, 5.74) is 10.3. The monoisotopic (exact) mass is 263 g/mol. The molecule has 3 nitrogen and oxygen atoms in total. The molecule has 0 fully saturated rings. The highest BCUT2D eigenvalue weighted by atomic mass is 15.1. The summed E-state index contributed by atoms with van der Waals surface area (Å²) < 4.78 is 0. The van der Waals surface area contributed by atoms with E-state index in [1.165, 1.54) is 5.56 Å². The van der Waals surface area contributed by atoms with E-state index >= 15 is 0 Å². The highest BCUT2D eigenvalue weighted by Gasteiger charge is 2.09. The fourth-order valence-electron chi connectivity index (χ4n) is 2.44. The lowest BCUT2D eigenvalue weighted by molar-refractivity contribution is 0.926. The minimum atomic E-state index is 0.786. The molecule has 0 saturated carbocycles. The van der Waals surface area contributed by atoms with Gasteiger partial charge in [-0.25, -0.2) is 0 Å². The van der Waals surface area contributed by atoms with E-state index in [1.54, 1.807) is 6.20 Å². The van der Waals surface area contributed by atoms with Crippen molar-refractivity contribution in [2.75, 3.05) is 17.7 Å². The maximum Gasteiger partial charge on any atom is 0.0724 e. The summed E-state index contributed by atoms with van der Waals surface area (Å²) in [6, 6.07) is 18.4.